The lowest BCUT2D eigenvalue weighted by Crippen LogP contribution is -2.43. The Labute approximate surface area is 183 Å². The van der Waals surface area contributed by atoms with Crippen LogP contribution in [0.4, 0.5) is 0 Å². The van der Waals surface area contributed by atoms with Gasteiger partial charge in [-0.05, 0) is 17.7 Å². The van der Waals surface area contributed by atoms with Crippen LogP contribution in [0, 0.1) is 0 Å². The first-order chi connectivity index (χ1) is 14.4. The minimum absolute atomic E-state index is 0.0776. The maximum Gasteiger partial charge on any atom is 0.328 e. The summed E-state index contributed by atoms with van der Waals surface area (Å²) in [5.74, 6) is -1.95. The van der Waals surface area contributed by atoms with E-state index >= 15 is 0 Å². The van der Waals surface area contributed by atoms with E-state index in [9.17, 15) is 9.59 Å². The highest BCUT2D eigenvalue weighted by Crippen LogP contribution is 2.36. The van der Waals surface area contributed by atoms with Gasteiger partial charge in [-0.15, -0.1) is 0 Å². The Bertz CT molecular complexity index is 853. The minimum Gasteiger partial charge on any atom is -0.481 e. The lowest BCUT2D eigenvalue weighted by Gasteiger charge is -2.32. The molecule has 0 aromatic heterocycles. The summed E-state index contributed by atoms with van der Waals surface area (Å²) in [4.78, 5) is 19.1. The fraction of sp³-hybridized carbons (Fsp3) is 0.238. The molecule has 0 aliphatic carbocycles. The molecule has 0 spiro atoms. The molecule has 0 bridgehead atoms. The van der Waals surface area contributed by atoms with Crippen molar-refractivity contribution in [2.24, 2.45) is 0 Å². The molecule has 0 saturated carbocycles. The number of carbonyl (C=O) groups is 2. The largest absolute Gasteiger partial charge is 0.481 e. The normalized spacial score (nSPS) is 16.9. The van der Waals surface area contributed by atoms with E-state index in [-0.39, 0.29) is 12.2 Å². The van der Waals surface area contributed by atoms with E-state index in [4.69, 9.17) is 42.9 Å². The number of aliphatic carboxylic acids is 2. The Morgan fingerprint density at radius 2 is 1.73 bits per heavy atom. The van der Waals surface area contributed by atoms with Gasteiger partial charge in [0, 0.05) is 25.2 Å². The molecule has 0 radical (unpaired) electrons. The number of morpholine rings is 1. The predicted octanol–water partition coefficient (Wildman–Crippen LogP) is 3.81. The van der Waals surface area contributed by atoms with Gasteiger partial charge in [-0.25, -0.2) is 9.59 Å². The van der Waals surface area contributed by atoms with Crippen LogP contribution in [0.5, 0.6) is 5.75 Å². The number of carboxylic acid groups (broad SMARTS) is 2. The molecule has 160 valence electrons. The van der Waals surface area contributed by atoms with Gasteiger partial charge in [0.2, 0.25) is 0 Å². The maximum atomic E-state index is 9.55. The molecule has 1 aliphatic heterocycles. The van der Waals surface area contributed by atoms with Crippen LogP contribution >= 0.6 is 23.2 Å². The molecule has 3 N–H and O–H groups in total. The van der Waals surface area contributed by atoms with Crippen molar-refractivity contribution in [3.63, 3.8) is 0 Å². The fourth-order valence-electron chi connectivity index (χ4n) is 2.64. The number of hydrogen-bond acceptors (Lipinski definition) is 5. The molecule has 1 heterocycles. The molecule has 0 amide bonds. The number of benzene rings is 2. The molecular formula is C21H21Cl2NO6. The van der Waals surface area contributed by atoms with Crippen LogP contribution in [0.15, 0.2) is 60.7 Å². The van der Waals surface area contributed by atoms with Gasteiger partial charge in [-0.2, -0.15) is 0 Å². The summed E-state index contributed by atoms with van der Waals surface area (Å²) in [6, 6.07) is 15.4. The highest BCUT2D eigenvalue weighted by atomic mass is 35.5. The molecule has 1 saturated heterocycles. The van der Waals surface area contributed by atoms with E-state index in [0.717, 1.165) is 18.7 Å². The minimum atomic E-state index is -1.26. The van der Waals surface area contributed by atoms with Crippen molar-refractivity contribution in [3.8, 4) is 5.75 Å². The van der Waals surface area contributed by atoms with Crippen molar-refractivity contribution in [1.29, 1.82) is 0 Å². The Balaban J connectivity index is 0.000000343. The summed E-state index contributed by atoms with van der Waals surface area (Å²) in [6.07, 6.45) is 0.793. The molecule has 2 atom stereocenters. The van der Waals surface area contributed by atoms with Crippen molar-refractivity contribution in [2.45, 2.75) is 12.2 Å². The summed E-state index contributed by atoms with van der Waals surface area (Å²) in [5.41, 5.74) is 1.05. The Kier molecular flexibility index (Phi) is 9.63. The van der Waals surface area contributed by atoms with E-state index < -0.39 is 11.9 Å². The third-order valence-corrected chi connectivity index (χ3v) is 4.76. The summed E-state index contributed by atoms with van der Waals surface area (Å²) in [6.45, 7) is 2.26. The highest BCUT2D eigenvalue weighted by molar-refractivity contribution is 6.42. The molecule has 2 aromatic rings. The molecule has 3 rings (SSSR count). The van der Waals surface area contributed by atoms with Gasteiger partial charge in [-0.1, -0.05) is 59.6 Å². The summed E-state index contributed by atoms with van der Waals surface area (Å²) in [7, 11) is 0. The molecule has 0 unspecified atom stereocenters. The Morgan fingerprint density at radius 3 is 2.30 bits per heavy atom. The first-order valence-electron chi connectivity index (χ1n) is 9.00. The van der Waals surface area contributed by atoms with Crippen molar-refractivity contribution in [2.75, 3.05) is 19.7 Å². The van der Waals surface area contributed by atoms with Gasteiger partial charge in [0.15, 0.2) is 6.10 Å². The van der Waals surface area contributed by atoms with Crippen LogP contribution in [-0.2, 0) is 14.3 Å². The summed E-state index contributed by atoms with van der Waals surface area (Å²) < 4.78 is 12.0. The third kappa shape index (κ3) is 7.68. The highest BCUT2D eigenvalue weighted by Gasteiger charge is 2.28. The first kappa shape index (κ1) is 23.7. The van der Waals surface area contributed by atoms with Crippen molar-refractivity contribution >= 4 is 35.1 Å². The van der Waals surface area contributed by atoms with E-state index in [0.29, 0.717) is 34.6 Å². The summed E-state index contributed by atoms with van der Waals surface area (Å²) >= 11 is 12.3. The van der Waals surface area contributed by atoms with Gasteiger partial charge in [-0.3, -0.25) is 0 Å². The number of carboxylic acids is 2. The predicted molar refractivity (Wildman–Crippen MR) is 113 cm³/mol. The van der Waals surface area contributed by atoms with Crippen molar-refractivity contribution < 1.29 is 29.3 Å². The smallest absolute Gasteiger partial charge is 0.328 e. The number of rotatable bonds is 6. The van der Waals surface area contributed by atoms with Gasteiger partial charge >= 0.3 is 11.9 Å². The molecule has 9 heteroatoms. The molecule has 1 fully saturated rings. The third-order valence-electron chi connectivity index (χ3n) is 3.96. The van der Waals surface area contributed by atoms with Gasteiger partial charge in [0.1, 0.15) is 16.9 Å². The zero-order valence-electron chi connectivity index (χ0n) is 15.8. The second kappa shape index (κ2) is 12.2. The van der Waals surface area contributed by atoms with E-state index in [1.165, 1.54) is 0 Å². The number of ether oxygens (including phenoxy) is 2. The standard InChI is InChI=1S/C17H17Cl2NO2.C4H4O4/c18-13-7-4-8-14(16(13)19)22-17(12-5-2-1-3-6-12)15-11-20-9-10-21-15;5-3(6)1-2-4(7)8/h1-8,15,17,20H,9-11H2;1-2H,(H,5,6)(H,7,8)/b;2-1+/t15-,17-;/m0./s1. The number of hydrogen-bond donors (Lipinski definition) is 3. The lowest BCUT2D eigenvalue weighted by molar-refractivity contribution is -0.134. The van der Waals surface area contributed by atoms with Crippen LogP contribution in [0.1, 0.15) is 11.7 Å². The number of nitrogens with one attached hydrogen (secondary N) is 1. The van der Waals surface area contributed by atoms with Gasteiger partial charge in [0.25, 0.3) is 0 Å². The maximum absolute atomic E-state index is 9.55. The zero-order chi connectivity index (χ0) is 21.9. The second-order valence-corrected chi connectivity index (χ2v) is 6.91. The Morgan fingerprint density at radius 1 is 1.07 bits per heavy atom. The van der Waals surface area contributed by atoms with Crippen LogP contribution in [0.25, 0.3) is 0 Å². The van der Waals surface area contributed by atoms with Gasteiger partial charge < -0.3 is 25.0 Å². The number of halogens is 2. The van der Waals surface area contributed by atoms with Crippen molar-refractivity contribution in [1.82, 2.24) is 5.32 Å². The molecular weight excluding hydrogens is 433 g/mol. The fourth-order valence-corrected chi connectivity index (χ4v) is 2.97. The first-order valence-corrected chi connectivity index (χ1v) is 9.76. The average molecular weight is 454 g/mol. The zero-order valence-corrected chi connectivity index (χ0v) is 17.3. The average Bonchev–Trinajstić information content (AvgIpc) is 2.75. The van der Waals surface area contributed by atoms with Crippen LogP contribution < -0.4 is 10.1 Å². The second-order valence-electron chi connectivity index (χ2n) is 6.12. The summed E-state index contributed by atoms with van der Waals surface area (Å²) in [5, 5.41) is 19.9. The molecule has 30 heavy (non-hydrogen) atoms. The van der Waals surface area contributed by atoms with Crippen LogP contribution in [-0.4, -0.2) is 48.0 Å². The van der Waals surface area contributed by atoms with Crippen molar-refractivity contribution in [3.05, 3.63) is 76.3 Å². The molecule has 2 aromatic carbocycles. The SMILES string of the molecule is Clc1cccc(O[C@@H](c2ccccc2)[C@@H]2CNCCO2)c1Cl.O=C(O)/C=C/C(=O)O. The van der Waals surface area contributed by atoms with Crippen LogP contribution in [0.3, 0.4) is 0 Å². The molecule has 1 aliphatic rings. The van der Waals surface area contributed by atoms with E-state index in [1.54, 1.807) is 6.07 Å². The monoisotopic (exact) mass is 453 g/mol. The van der Waals surface area contributed by atoms with E-state index in [2.05, 4.69) is 5.32 Å². The topological polar surface area (TPSA) is 105 Å². The van der Waals surface area contributed by atoms with Crippen LogP contribution in [0.2, 0.25) is 10.0 Å². The molecule has 7 nitrogen and oxygen atoms in total. The lowest BCUT2D eigenvalue weighted by atomic mass is 10.0. The van der Waals surface area contributed by atoms with Gasteiger partial charge in [0.05, 0.1) is 11.6 Å². The quantitative estimate of drug-likeness (QED) is 0.570. The Hall–Kier alpha value is -2.58. The van der Waals surface area contributed by atoms with E-state index in [1.807, 2.05) is 42.5 Å².